The molecule has 0 aromatic heterocycles. The summed E-state index contributed by atoms with van der Waals surface area (Å²) in [6.45, 7) is 4.73. The predicted molar refractivity (Wildman–Crippen MR) is 364 cm³/mol. The number of hydrogen-bond donors (Lipinski definition) is 3. The summed E-state index contributed by atoms with van der Waals surface area (Å²) in [6.07, 6.45) is 92.6. The second-order valence-corrected chi connectivity index (χ2v) is 26.3. The van der Waals surface area contributed by atoms with Crippen LogP contribution >= 0.6 is 7.82 Å². The molecule has 3 unspecified atom stereocenters. The Morgan fingerprint density at radius 1 is 0.422 bits per heavy atom. The first-order valence-corrected chi connectivity index (χ1v) is 36.6. The number of phosphoric ester groups is 1. The molecular weight excluding hydrogens is 1040 g/mol. The molecule has 0 fully saturated rings. The number of nitrogens with one attached hydrogen (secondary N) is 1. The minimum atomic E-state index is -4.36. The zero-order valence-electron chi connectivity index (χ0n) is 55.2. The van der Waals surface area contributed by atoms with Crippen LogP contribution in [0.15, 0.2) is 97.2 Å². The number of rotatable bonds is 64. The van der Waals surface area contributed by atoms with Gasteiger partial charge < -0.3 is 19.8 Å². The van der Waals surface area contributed by atoms with Crippen molar-refractivity contribution < 1.29 is 32.9 Å². The number of amides is 1. The van der Waals surface area contributed by atoms with Crippen LogP contribution in [0.5, 0.6) is 0 Å². The number of phosphoric acid groups is 1. The Bertz CT molecular complexity index is 1670. The van der Waals surface area contributed by atoms with Crippen LogP contribution in [0.25, 0.3) is 0 Å². The lowest BCUT2D eigenvalue weighted by Gasteiger charge is -2.25. The van der Waals surface area contributed by atoms with Crippen LogP contribution in [0.3, 0.4) is 0 Å². The Hall–Kier alpha value is -2.58. The van der Waals surface area contributed by atoms with E-state index < -0.39 is 20.0 Å². The number of allylic oxidation sites excluding steroid dienone is 15. The van der Waals surface area contributed by atoms with E-state index in [1.165, 1.54) is 212 Å². The molecule has 482 valence electrons. The van der Waals surface area contributed by atoms with Crippen molar-refractivity contribution in [3.63, 3.8) is 0 Å². The Labute approximate surface area is 515 Å². The average molecular weight is 1180 g/mol. The maximum Gasteiger partial charge on any atom is 0.472 e. The number of hydrogen-bond acceptors (Lipinski definition) is 5. The largest absolute Gasteiger partial charge is 0.472 e. The topological polar surface area (TPSA) is 105 Å². The molecule has 3 atom stereocenters. The third kappa shape index (κ3) is 66.8. The number of aliphatic hydroxyl groups excluding tert-OH is 1. The van der Waals surface area contributed by atoms with Gasteiger partial charge in [-0.2, -0.15) is 0 Å². The Morgan fingerprint density at radius 3 is 1.06 bits per heavy atom. The van der Waals surface area contributed by atoms with E-state index in [9.17, 15) is 19.4 Å². The molecule has 0 saturated heterocycles. The molecule has 8 nitrogen and oxygen atoms in total. The molecule has 0 radical (unpaired) electrons. The first kappa shape index (κ1) is 80.4. The van der Waals surface area contributed by atoms with Crippen LogP contribution in [0, 0.1) is 0 Å². The fourth-order valence-corrected chi connectivity index (χ4v) is 10.9. The Morgan fingerprint density at radius 2 is 0.723 bits per heavy atom. The van der Waals surface area contributed by atoms with Crippen LogP contribution in [0.1, 0.15) is 316 Å². The Kier molecular flexibility index (Phi) is 61.9. The van der Waals surface area contributed by atoms with E-state index in [0.717, 1.165) is 83.5 Å². The molecule has 0 spiro atoms. The van der Waals surface area contributed by atoms with Gasteiger partial charge in [-0.15, -0.1) is 0 Å². The molecule has 83 heavy (non-hydrogen) atoms. The van der Waals surface area contributed by atoms with Gasteiger partial charge in [-0.25, -0.2) is 4.57 Å². The van der Waals surface area contributed by atoms with Crippen LogP contribution in [-0.4, -0.2) is 73.4 Å². The lowest BCUT2D eigenvalue weighted by Crippen LogP contribution is -2.45. The minimum Gasteiger partial charge on any atom is -0.387 e. The van der Waals surface area contributed by atoms with Crippen LogP contribution in [-0.2, 0) is 18.4 Å². The van der Waals surface area contributed by atoms with Gasteiger partial charge in [-0.05, 0) is 77.0 Å². The summed E-state index contributed by atoms with van der Waals surface area (Å²) in [4.78, 5) is 23.4. The molecule has 0 aliphatic heterocycles. The summed E-state index contributed by atoms with van der Waals surface area (Å²) in [5.74, 6) is -0.180. The van der Waals surface area contributed by atoms with Gasteiger partial charge in [0.25, 0.3) is 0 Å². The smallest absolute Gasteiger partial charge is 0.387 e. The van der Waals surface area contributed by atoms with Crippen LogP contribution in [0.2, 0.25) is 0 Å². The third-order valence-electron chi connectivity index (χ3n) is 15.6. The molecule has 0 aliphatic rings. The van der Waals surface area contributed by atoms with E-state index in [2.05, 4.69) is 104 Å². The van der Waals surface area contributed by atoms with Crippen molar-refractivity contribution in [2.24, 2.45) is 0 Å². The highest BCUT2D eigenvalue weighted by Gasteiger charge is 2.28. The second kappa shape index (κ2) is 63.9. The maximum atomic E-state index is 13.1. The van der Waals surface area contributed by atoms with Gasteiger partial charge >= 0.3 is 7.82 Å². The summed E-state index contributed by atoms with van der Waals surface area (Å²) < 4.78 is 23.8. The summed E-state index contributed by atoms with van der Waals surface area (Å²) in [5.41, 5.74) is 0. The highest BCUT2D eigenvalue weighted by atomic mass is 31.2. The Balaban J connectivity index is 4.11. The van der Waals surface area contributed by atoms with E-state index in [1.54, 1.807) is 6.08 Å². The van der Waals surface area contributed by atoms with Crippen molar-refractivity contribution in [2.45, 2.75) is 328 Å². The van der Waals surface area contributed by atoms with E-state index in [1.807, 2.05) is 27.2 Å². The predicted octanol–water partition coefficient (Wildman–Crippen LogP) is 22.5. The lowest BCUT2D eigenvalue weighted by molar-refractivity contribution is -0.870. The number of likely N-dealkylation sites (N-methyl/N-ethyl adjacent to an activating group) is 1. The molecule has 3 N–H and O–H groups in total. The zero-order valence-corrected chi connectivity index (χ0v) is 56.1. The number of unbranched alkanes of at least 4 members (excludes halogenated alkanes) is 37. The van der Waals surface area contributed by atoms with Crippen molar-refractivity contribution in [3.8, 4) is 0 Å². The first-order chi connectivity index (χ1) is 40.5. The monoisotopic (exact) mass is 1180 g/mol. The van der Waals surface area contributed by atoms with Crippen LogP contribution in [0.4, 0.5) is 0 Å². The molecule has 0 aromatic carbocycles. The SMILES string of the molecule is CC/C=C\C/C=C\C/C=C\C/C=C\C/C=C\C/C=C\C/C=C\CCCCCCCCCCCCCC(=O)NC(COP(=O)(O)OCC[N+](C)(C)C)C(O)/C=C/CCCCCCCCCCCCCCCCCCCCCCCCCCCC. The quantitative estimate of drug-likeness (QED) is 0.0243. The summed E-state index contributed by atoms with van der Waals surface area (Å²) in [5, 5.41) is 14.0. The van der Waals surface area contributed by atoms with Gasteiger partial charge in [-0.3, -0.25) is 13.8 Å². The number of aliphatic hydroxyl groups is 1. The van der Waals surface area contributed by atoms with Crippen molar-refractivity contribution >= 4 is 13.7 Å². The molecule has 0 rings (SSSR count). The van der Waals surface area contributed by atoms with E-state index in [-0.39, 0.29) is 19.1 Å². The van der Waals surface area contributed by atoms with Gasteiger partial charge in [-0.1, -0.05) is 329 Å². The van der Waals surface area contributed by atoms with Gasteiger partial charge in [0.2, 0.25) is 5.91 Å². The molecule has 0 heterocycles. The van der Waals surface area contributed by atoms with Crippen molar-refractivity contribution in [1.82, 2.24) is 5.32 Å². The first-order valence-electron chi connectivity index (χ1n) is 35.1. The van der Waals surface area contributed by atoms with Crippen molar-refractivity contribution in [2.75, 3.05) is 40.9 Å². The number of carbonyl (C=O) groups excluding carboxylic acids is 1. The molecule has 0 aromatic rings. The number of quaternary nitrogens is 1. The van der Waals surface area contributed by atoms with E-state index in [4.69, 9.17) is 9.05 Å². The zero-order chi connectivity index (χ0) is 60.5. The molecule has 9 heteroatoms. The highest BCUT2D eigenvalue weighted by molar-refractivity contribution is 7.47. The highest BCUT2D eigenvalue weighted by Crippen LogP contribution is 2.43. The fourth-order valence-electron chi connectivity index (χ4n) is 10.1. The van der Waals surface area contributed by atoms with Gasteiger partial charge in [0, 0.05) is 6.42 Å². The third-order valence-corrected chi connectivity index (χ3v) is 16.5. The summed E-state index contributed by atoms with van der Waals surface area (Å²) in [7, 11) is 1.57. The summed E-state index contributed by atoms with van der Waals surface area (Å²) in [6, 6.07) is -0.856. The lowest BCUT2D eigenvalue weighted by atomic mass is 10.0. The van der Waals surface area contributed by atoms with E-state index in [0.29, 0.717) is 17.4 Å². The fraction of sp³-hybridized carbons (Fsp3) is 0.770. The standard InChI is InChI=1S/C74H135N2O6P/c1-6-8-10-12-14-16-18-20-22-24-26-28-30-32-34-36-37-38-39-40-42-44-46-48-50-52-54-56-58-60-62-64-66-68-74(78)75-72(71-82-83(79,80)81-70-69-76(3,4)5)73(77)67-65-63-61-59-57-55-53-51-49-47-45-43-41-35-33-31-29-27-25-23-21-19-17-15-13-11-9-7-2/h8,10,14,16,20,22,26,28,32,34,37-38,40,42,65,67,72-73,77H,6-7,9,11-13,15,17-19,21,23-25,27,29-31,33,35-36,39,41,43-64,66,68-71H2,1-5H3,(H-,75,78,79,80)/p+1/b10-8-,16-14-,22-20-,28-26-,34-32-,38-37-,42-40-,67-65+. The normalized spacial score (nSPS) is 14.3. The number of carbonyl (C=O) groups is 1. The average Bonchev–Trinajstić information content (AvgIpc) is 3.49. The van der Waals surface area contributed by atoms with Crippen LogP contribution < -0.4 is 5.32 Å². The van der Waals surface area contributed by atoms with Gasteiger partial charge in [0.05, 0.1) is 39.9 Å². The van der Waals surface area contributed by atoms with Gasteiger partial charge in [0.15, 0.2) is 0 Å². The minimum absolute atomic E-state index is 0.0577. The maximum absolute atomic E-state index is 13.1. The second-order valence-electron chi connectivity index (χ2n) is 24.9. The van der Waals surface area contributed by atoms with E-state index >= 15 is 0 Å². The molecule has 1 amide bonds. The summed E-state index contributed by atoms with van der Waals surface area (Å²) >= 11 is 0. The molecule has 0 aliphatic carbocycles. The molecule has 0 bridgehead atoms. The molecule has 0 saturated carbocycles. The van der Waals surface area contributed by atoms with Gasteiger partial charge in [0.1, 0.15) is 13.2 Å². The van der Waals surface area contributed by atoms with Crippen molar-refractivity contribution in [1.29, 1.82) is 0 Å². The molecular formula is C74H136N2O6P+. The van der Waals surface area contributed by atoms with Crippen molar-refractivity contribution in [3.05, 3.63) is 97.2 Å². The number of nitrogens with zero attached hydrogens (tertiary/aromatic N) is 1.